The summed E-state index contributed by atoms with van der Waals surface area (Å²) >= 11 is 0. The van der Waals surface area contributed by atoms with Gasteiger partial charge >= 0.3 is 0 Å². The van der Waals surface area contributed by atoms with Crippen LogP contribution in [-0.4, -0.2) is 43.2 Å². The molecule has 9 nitrogen and oxygen atoms in total. The normalized spacial score (nSPS) is 23.2. The number of pyridine rings is 1. The van der Waals surface area contributed by atoms with Crippen LogP contribution in [0.1, 0.15) is 46.8 Å². The number of nitrogens with zero attached hydrogens (tertiary/aromatic N) is 4. The highest BCUT2D eigenvalue weighted by atomic mass is 16.5. The van der Waals surface area contributed by atoms with Gasteiger partial charge in [0.1, 0.15) is 11.3 Å². The molecule has 0 unspecified atom stereocenters. The number of aromatic nitrogens is 4. The van der Waals surface area contributed by atoms with Gasteiger partial charge in [-0.05, 0) is 55.5 Å². The summed E-state index contributed by atoms with van der Waals surface area (Å²) in [5, 5.41) is 17.1. The number of aryl methyl sites for hydroxylation is 1. The molecule has 168 valence electrons. The lowest BCUT2D eigenvalue weighted by Crippen LogP contribution is -2.69. The second kappa shape index (κ2) is 6.97. The summed E-state index contributed by atoms with van der Waals surface area (Å²) in [4.78, 5) is 22.0. The molecular formula is C24H23N5O4. The number of fused-ring (bicyclic) bond motifs is 1. The summed E-state index contributed by atoms with van der Waals surface area (Å²) in [5.41, 5.74) is 3.73. The number of hydrogen-bond acceptors (Lipinski definition) is 7. The molecule has 2 bridgehead atoms. The zero-order chi connectivity index (χ0) is 22.8. The molecule has 3 aliphatic rings. The average Bonchev–Trinajstić information content (AvgIpc) is 3.40. The number of carbonyl (C=O) groups is 1. The number of methoxy groups -OCH3 is 1. The monoisotopic (exact) mass is 445 g/mol. The fourth-order valence-corrected chi connectivity index (χ4v) is 5.05. The van der Waals surface area contributed by atoms with Crippen molar-refractivity contribution in [2.75, 3.05) is 12.4 Å². The predicted molar refractivity (Wildman–Crippen MR) is 119 cm³/mol. The predicted octanol–water partition coefficient (Wildman–Crippen LogP) is 3.26. The Bertz CT molecular complexity index is 1390. The zero-order valence-electron chi connectivity index (χ0n) is 18.3. The first-order valence-electron chi connectivity index (χ1n) is 10.8. The van der Waals surface area contributed by atoms with Gasteiger partial charge in [0.25, 0.3) is 5.91 Å². The lowest BCUT2D eigenvalue weighted by molar-refractivity contribution is -0.222. The minimum Gasteiger partial charge on any atom is -0.390 e. The molecule has 3 fully saturated rings. The summed E-state index contributed by atoms with van der Waals surface area (Å²) in [6, 6.07) is 9.46. The van der Waals surface area contributed by atoms with E-state index in [4.69, 9.17) is 9.26 Å². The third-order valence-corrected chi connectivity index (χ3v) is 6.75. The van der Waals surface area contributed by atoms with Crippen molar-refractivity contribution in [2.45, 2.75) is 43.8 Å². The quantitative estimate of drug-likeness (QED) is 0.468. The van der Waals surface area contributed by atoms with Crippen LogP contribution in [0.2, 0.25) is 0 Å². The Morgan fingerprint density at radius 3 is 2.85 bits per heavy atom. The molecular weight excluding hydrogens is 422 g/mol. The second-order valence-corrected chi connectivity index (χ2v) is 9.28. The minimum atomic E-state index is -0.529. The minimum absolute atomic E-state index is 0.159. The smallest absolute Gasteiger partial charge is 0.274 e. The van der Waals surface area contributed by atoms with Crippen molar-refractivity contribution in [1.82, 2.24) is 19.5 Å². The van der Waals surface area contributed by atoms with Crippen molar-refractivity contribution in [1.29, 1.82) is 0 Å². The Kier molecular flexibility index (Phi) is 4.24. The molecule has 0 aliphatic heterocycles. The summed E-state index contributed by atoms with van der Waals surface area (Å²) in [5.74, 6) is 0.786. The van der Waals surface area contributed by atoms with Crippen molar-refractivity contribution in [3.63, 3.8) is 0 Å². The van der Waals surface area contributed by atoms with Gasteiger partial charge in [-0.3, -0.25) is 9.20 Å². The largest absolute Gasteiger partial charge is 0.390 e. The molecule has 9 heteroatoms. The van der Waals surface area contributed by atoms with Crippen LogP contribution in [0.5, 0.6) is 0 Å². The first kappa shape index (κ1) is 20.1. The molecule has 0 atom stereocenters. The van der Waals surface area contributed by atoms with E-state index < -0.39 is 5.60 Å². The SMILES string of the molecule is COCc1ccn2c(C(=O)Nc3cc(-c4noc(C56CC(O)(C5)C6)n4)ccc3C)cnc2c1. The molecule has 3 aromatic heterocycles. The molecule has 3 aliphatic carbocycles. The first-order valence-corrected chi connectivity index (χ1v) is 10.8. The van der Waals surface area contributed by atoms with Gasteiger partial charge in [-0.2, -0.15) is 4.98 Å². The van der Waals surface area contributed by atoms with E-state index >= 15 is 0 Å². The van der Waals surface area contributed by atoms with Gasteiger partial charge in [-0.1, -0.05) is 17.3 Å². The Balaban J connectivity index is 1.24. The summed E-state index contributed by atoms with van der Waals surface area (Å²) in [6.07, 6.45) is 5.43. The standard InChI is InChI=1S/C24H23N5O4/c1-14-3-4-16(20-27-22(33-28-20)23-11-24(31,12-23)13-23)8-17(14)26-21(30)18-9-25-19-7-15(10-32-2)5-6-29(18)19/h3-9,31H,10-13H2,1-2H3,(H,26,30). The number of amides is 1. The van der Waals surface area contributed by atoms with E-state index in [-0.39, 0.29) is 11.3 Å². The Morgan fingerprint density at radius 2 is 2.09 bits per heavy atom. The number of aliphatic hydroxyl groups is 1. The van der Waals surface area contributed by atoms with Crippen molar-refractivity contribution in [3.05, 3.63) is 65.4 Å². The van der Waals surface area contributed by atoms with Crippen molar-refractivity contribution in [2.24, 2.45) is 0 Å². The molecule has 1 amide bonds. The summed E-state index contributed by atoms with van der Waals surface area (Å²) in [7, 11) is 1.64. The summed E-state index contributed by atoms with van der Waals surface area (Å²) < 4.78 is 12.4. The molecule has 33 heavy (non-hydrogen) atoms. The summed E-state index contributed by atoms with van der Waals surface area (Å²) in [6.45, 7) is 2.41. The van der Waals surface area contributed by atoms with Gasteiger partial charge in [0.2, 0.25) is 11.7 Å². The van der Waals surface area contributed by atoms with E-state index in [0.717, 1.165) is 16.7 Å². The molecule has 0 radical (unpaired) electrons. The van der Waals surface area contributed by atoms with Gasteiger partial charge in [-0.25, -0.2) is 4.98 Å². The van der Waals surface area contributed by atoms with Crippen molar-refractivity contribution in [3.8, 4) is 11.4 Å². The first-order chi connectivity index (χ1) is 15.9. The van der Waals surface area contributed by atoms with Crippen LogP contribution in [0.25, 0.3) is 17.0 Å². The topological polar surface area (TPSA) is 115 Å². The molecule has 7 rings (SSSR count). The molecule has 4 aromatic rings. The van der Waals surface area contributed by atoms with Crippen molar-refractivity contribution < 1.29 is 19.2 Å². The second-order valence-electron chi connectivity index (χ2n) is 9.28. The van der Waals surface area contributed by atoms with E-state index in [9.17, 15) is 9.90 Å². The highest BCUT2D eigenvalue weighted by Crippen LogP contribution is 2.67. The number of hydrogen-bond donors (Lipinski definition) is 2. The van der Waals surface area contributed by atoms with E-state index in [1.165, 1.54) is 0 Å². The van der Waals surface area contributed by atoms with E-state index in [1.807, 2.05) is 43.5 Å². The van der Waals surface area contributed by atoms with Crippen LogP contribution in [-0.2, 0) is 16.8 Å². The van der Waals surface area contributed by atoms with Gasteiger partial charge in [0.05, 0.1) is 23.8 Å². The Labute approximate surface area is 189 Å². The lowest BCUT2D eigenvalue weighted by Gasteiger charge is -2.65. The molecule has 0 spiro atoms. The molecule has 0 saturated heterocycles. The van der Waals surface area contributed by atoms with E-state index in [2.05, 4.69) is 20.4 Å². The number of imidazole rings is 1. The number of benzene rings is 1. The van der Waals surface area contributed by atoms with Crippen molar-refractivity contribution >= 4 is 17.2 Å². The Morgan fingerprint density at radius 1 is 1.27 bits per heavy atom. The zero-order valence-corrected chi connectivity index (χ0v) is 18.3. The van der Waals surface area contributed by atoms with E-state index in [0.29, 0.717) is 54.6 Å². The van der Waals surface area contributed by atoms with Crippen LogP contribution >= 0.6 is 0 Å². The lowest BCUT2D eigenvalue weighted by atomic mass is 9.41. The highest BCUT2D eigenvalue weighted by molar-refractivity contribution is 6.04. The number of carbonyl (C=O) groups excluding carboxylic acids is 1. The van der Waals surface area contributed by atoms with Crippen LogP contribution < -0.4 is 5.32 Å². The van der Waals surface area contributed by atoms with E-state index in [1.54, 1.807) is 17.7 Å². The van der Waals surface area contributed by atoms with Gasteiger partial charge in [-0.15, -0.1) is 0 Å². The van der Waals surface area contributed by atoms with Crippen LogP contribution in [0.3, 0.4) is 0 Å². The van der Waals surface area contributed by atoms with Gasteiger partial charge in [0, 0.05) is 24.6 Å². The number of rotatable bonds is 6. The van der Waals surface area contributed by atoms with Crippen LogP contribution in [0.15, 0.2) is 47.2 Å². The third-order valence-electron chi connectivity index (χ3n) is 6.75. The maximum absolute atomic E-state index is 13.0. The molecule has 2 N–H and O–H groups in total. The fraction of sp³-hybridized carbons (Fsp3) is 0.333. The molecule has 3 saturated carbocycles. The number of anilines is 1. The van der Waals surface area contributed by atoms with Crippen LogP contribution in [0.4, 0.5) is 5.69 Å². The van der Waals surface area contributed by atoms with Gasteiger partial charge < -0.3 is 19.7 Å². The Hall–Kier alpha value is -3.56. The molecule has 3 heterocycles. The fourth-order valence-electron chi connectivity index (χ4n) is 5.05. The van der Waals surface area contributed by atoms with Crippen LogP contribution in [0, 0.1) is 6.92 Å². The number of ether oxygens (including phenoxy) is 1. The highest BCUT2D eigenvalue weighted by Gasteiger charge is 2.70. The maximum Gasteiger partial charge on any atom is 0.274 e. The maximum atomic E-state index is 13.0. The van der Waals surface area contributed by atoms with Gasteiger partial charge in [0.15, 0.2) is 0 Å². The average molecular weight is 445 g/mol. The third kappa shape index (κ3) is 3.15. The molecule has 1 aromatic carbocycles. The number of nitrogens with one attached hydrogen (secondary N) is 1.